The minimum Gasteiger partial charge on any atom is -0.480 e. The Morgan fingerprint density at radius 1 is 1.45 bits per heavy atom. The number of hydrogen-bond donors (Lipinski definition) is 2. The lowest BCUT2D eigenvalue weighted by atomic mass is 10.1. The first-order valence-corrected chi connectivity index (χ1v) is 6.36. The van der Waals surface area contributed by atoms with Gasteiger partial charge in [0.05, 0.1) is 11.0 Å². The average Bonchev–Trinajstić information content (AvgIpc) is 2.78. The minimum atomic E-state index is -0.968. The molecule has 1 aliphatic heterocycles. The van der Waals surface area contributed by atoms with Crippen molar-refractivity contribution in [3.63, 3.8) is 0 Å². The molecular weight excluding hydrogens is 264 g/mol. The highest BCUT2D eigenvalue weighted by atomic mass is 16.6. The van der Waals surface area contributed by atoms with Crippen LogP contribution in [0, 0.1) is 10.1 Å². The van der Waals surface area contributed by atoms with Gasteiger partial charge in [0.2, 0.25) is 0 Å². The number of benzene rings is 1. The normalized spacial score (nSPS) is 22.9. The zero-order chi connectivity index (χ0) is 14.7. The zero-order valence-electron chi connectivity index (χ0n) is 10.8. The maximum absolute atomic E-state index is 11.1. The highest BCUT2D eigenvalue weighted by molar-refractivity contribution is 5.74. The summed E-state index contributed by atoms with van der Waals surface area (Å²) in [5.74, 6) is -0.968. The van der Waals surface area contributed by atoms with Crippen LogP contribution in [0.1, 0.15) is 12.0 Å². The number of aliphatic carboxylic acids is 1. The lowest BCUT2D eigenvalue weighted by Crippen LogP contribution is -2.37. The number of aliphatic hydroxyl groups is 1. The number of nitro benzene ring substituents is 1. The standard InChI is InChI=1S/C13H16N2O5/c16-10-7-12(13(17)18)14(8-10)6-5-9-3-1-2-4-11(9)15(19)20/h1-4,10,12,16H,5-8H2,(H,17,18). The number of carboxylic acids is 1. The topological polar surface area (TPSA) is 104 Å². The summed E-state index contributed by atoms with van der Waals surface area (Å²) in [6, 6.07) is 5.70. The van der Waals surface area contributed by atoms with E-state index in [-0.39, 0.29) is 18.7 Å². The van der Waals surface area contributed by atoms with Crippen molar-refractivity contribution in [3.05, 3.63) is 39.9 Å². The van der Waals surface area contributed by atoms with Crippen LogP contribution in [0.5, 0.6) is 0 Å². The molecule has 2 atom stereocenters. The van der Waals surface area contributed by atoms with Crippen LogP contribution >= 0.6 is 0 Å². The van der Waals surface area contributed by atoms with Crippen molar-refractivity contribution in [2.24, 2.45) is 0 Å². The van der Waals surface area contributed by atoms with E-state index < -0.39 is 23.0 Å². The number of β-amino-alcohol motifs (C(OH)–C–C–N with tert-alkyl or cyclic N) is 1. The van der Waals surface area contributed by atoms with Gasteiger partial charge in [0, 0.05) is 31.1 Å². The summed E-state index contributed by atoms with van der Waals surface area (Å²) in [6.45, 7) is 0.663. The van der Waals surface area contributed by atoms with Crippen LogP contribution in [-0.2, 0) is 11.2 Å². The molecule has 1 aliphatic rings. The lowest BCUT2D eigenvalue weighted by molar-refractivity contribution is -0.385. The zero-order valence-corrected chi connectivity index (χ0v) is 10.8. The molecule has 7 nitrogen and oxygen atoms in total. The molecule has 20 heavy (non-hydrogen) atoms. The van der Waals surface area contributed by atoms with E-state index in [0.717, 1.165) is 0 Å². The number of aliphatic hydroxyl groups excluding tert-OH is 1. The maximum Gasteiger partial charge on any atom is 0.321 e. The Bertz CT molecular complexity index is 519. The van der Waals surface area contributed by atoms with Crippen molar-refractivity contribution < 1.29 is 19.9 Å². The van der Waals surface area contributed by atoms with Crippen molar-refractivity contribution >= 4 is 11.7 Å². The van der Waals surface area contributed by atoms with Gasteiger partial charge in [-0.1, -0.05) is 18.2 Å². The summed E-state index contributed by atoms with van der Waals surface area (Å²) in [6.07, 6.45) is -0.0679. The van der Waals surface area contributed by atoms with Crippen molar-refractivity contribution in [3.8, 4) is 0 Å². The summed E-state index contributed by atoms with van der Waals surface area (Å²) >= 11 is 0. The number of likely N-dealkylation sites (tertiary alicyclic amines) is 1. The van der Waals surface area contributed by atoms with Crippen LogP contribution in [0.4, 0.5) is 5.69 Å². The first-order chi connectivity index (χ1) is 9.49. The number of carboxylic acid groups (broad SMARTS) is 1. The molecule has 0 radical (unpaired) electrons. The van der Waals surface area contributed by atoms with E-state index in [1.807, 2.05) is 0 Å². The van der Waals surface area contributed by atoms with Gasteiger partial charge >= 0.3 is 5.97 Å². The van der Waals surface area contributed by atoms with E-state index in [4.69, 9.17) is 5.11 Å². The van der Waals surface area contributed by atoms with E-state index in [1.54, 1.807) is 23.1 Å². The van der Waals surface area contributed by atoms with Crippen LogP contribution in [0.15, 0.2) is 24.3 Å². The second kappa shape index (κ2) is 5.98. The molecule has 1 fully saturated rings. The second-order valence-electron chi connectivity index (χ2n) is 4.87. The molecule has 2 rings (SSSR count). The molecule has 7 heteroatoms. The summed E-state index contributed by atoms with van der Waals surface area (Å²) in [5.41, 5.74) is 0.613. The second-order valence-corrected chi connectivity index (χ2v) is 4.87. The van der Waals surface area contributed by atoms with Gasteiger partial charge in [0.1, 0.15) is 6.04 Å². The SMILES string of the molecule is O=C(O)C1CC(O)CN1CCc1ccccc1[N+](=O)[O-]. The highest BCUT2D eigenvalue weighted by Gasteiger charge is 2.35. The van der Waals surface area contributed by atoms with Crippen molar-refractivity contribution in [1.82, 2.24) is 4.90 Å². The first kappa shape index (κ1) is 14.4. The van der Waals surface area contributed by atoms with E-state index in [1.165, 1.54) is 6.07 Å². The fourth-order valence-electron chi connectivity index (χ4n) is 2.55. The number of para-hydroxylation sites is 1. The fourth-order valence-corrected chi connectivity index (χ4v) is 2.55. The Labute approximate surface area is 115 Å². The highest BCUT2D eigenvalue weighted by Crippen LogP contribution is 2.22. The molecule has 0 aliphatic carbocycles. The number of hydrogen-bond acceptors (Lipinski definition) is 5. The third-order valence-corrected chi connectivity index (χ3v) is 3.52. The predicted octanol–water partition coefficient (Wildman–Crippen LogP) is 0.657. The summed E-state index contributed by atoms with van der Waals surface area (Å²) in [4.78, 5) is 23.2. The van der Waals surface area contributed by atoms with Crippen LogP contribution in [0.3, 0.4) is 0 Å². The lowest BCUT2D eigenvalue weighted by Gasteiger charge is -2.20. The first-order valence-electron chi connectivity index (χ1n) is 6.36. The predicted molar refractivity (Wildman–Crippen MR) is 70.4 cm³/mol. The molecule has 2 N–H and O–H groups in total. The largest absolute Gasteiger partial charge is 0.480 e. The maximum atomic E-state index is 11.1. The van der Waals surface area contributed by atoms with Crippen LogP contribution < -0.4 is 0 Å². The Hall–Kier alpha value is -1.99. The van der Waals surface area contributed by atoms with E-state index in [2.05, 4.69) is 0 Å². The molecule has 0 amide bonds. The molecule has 1 saturated heterocycles. The monoisotopic (exact) mass is 280 g/mol. The van der Waals surface area contributed by atoms with Crippen LogP contribution in [0.25, 0.3) is 0 Å². The fraction of sp³-hybridized carbons (Fsp3) is 0.462. The van der Waals surface area contributed by atoms with Crippen LogP contribution in [-0.4, -0.2) is 51.2 Å². The van der Waals surface area contributed by atoms with Crippen molar-refractivity contribution in [1.29, 1.82) is 0 Å². The Balaban J connectivity index is 2.05. The van der Waals surface area contributed by atoms with Gasteiger partial charge in [-0.2, -0.15) is 0 Å². The molecule has 108 valence electrons. The third-order valence-electron chi connectivity index (χ3n) is 3.52. The molecule has 0 bridgehead atoms. The smallest absolute Gasteiger partial charge is 0.321 e. The number of rotatable bonds is 5. The Morgan fingerprint density at radius 3 is 2.80 bits per heavy atom. The summed E-state index contributed by atoms with van der Waals surface area (Å²) in [5, 5.41) is 29.5. The summed E-state index contributed by atoms with van der Waals surface area (Å²) < 4.78 is 0. The molecule has 0 aromatic heterocycles. The summed E-state index contributed by atoms with van der Waals surface area (Å²) in [7, 11) is 0. The molecule has 0 saturated carbocycles. The Morgan fingerprint density at radius 2 is 2.15 bits per heavy atom. The van der Waals surface area contributed by atoms with Gasteiger partial charge in [-0.25, -0.2) is 0 Å². The van der Waals surface area contributed by atoms with Gasteiger partial charge in [0.15, 0.2) is 0 Å². The van der Waals surface area contributed by atoms with Crippen molar-refractivity contribution in [2.75, 3.05) is 13.1 Å². The number of nitrogens with zero attached hydrogens (tertiary/aromatic N) is 2. The van der Waals surface area contributed by atoms with Gasteiger partial charge in [-0.3, -0.25) is 19.8 Å². The van der Waals surface area contributed by atoms with E-state index in [9.17, 15) is 20.0 Å². The molecule has 1 aromatic rings. The van der Waals surface area contributed by atoms with E-state index in [0.29, 0.717) is 18.5 Å². The molecule has 2 unspecified atom stereocenters. The molecule has 1 aromatic carbocycles. The van der Waals surface area contributed by atoms with Gasteiger partial charge in [0.25, 0.3) is 5.69 Å². The van der Waals surface area contributed by atoms with E-state index >= 15 is 0 Å². The minimum absolute atomic E-state index is 0.0409. The van der Waals surface area contributed by atoms with Gasteiger partial charge in [-0.05, 0) is 6.42 Å². The van der Waals surface area contributed by atoms with Gasteiger partial charge in [-0.15, -0.1) is 0 Å². The number of nitro groups is 1. The van der Waals surface area contributed by atoms with Crippen molar-refractivity contribution in [2.45, 2.75) is 25.0 Å². The van der Waals surface area contributed by atoms with Crippen LogP contribution in [0.2, 0.25) is 0 Å². The Kier molecular flexibility index (Phi) is 4.31. The van der Waals surface area contributed by atoms with Gasteiger partial charge < -0.3 is 10.2 Å². The third kappa shape index (κ3) is 3.12. The average molecular weight is 280 g/mol. The number of carbonyl (C=O) groups is 1. The molecular formula is C13H16N2O5. The molecule has 1 heterocycles. The molecule has 0 spiro atoms. The quantitative estimate of drug-likeness (QED) is 0.606.